The predicted molar refractivity (Wildman–Crippen MR) is 78.9 cm³/mol. The second-order valence-corrected chi connectivity index (χ2v) is 6.42. The van der Waals surface area contributed by atoms with Gasteiger partial charge >= 0.3 is 20.1 Å². The van der Waals surface area contributed by atoms with Gasteiger partial charge in [-0.05, 0) is 26.0 Å². The second kappa shape index (κ2) is 7.94. The summed E-state index contributed by atoms with van der Waals surface area (Å²) in [6.07, 6.45) is -11.9. The number of para-hydroxylation sites is 1. The lowest BCUT2D eigenvalue weighted by molar-refractivity contribution is -0.293. The molecule has 0 aliphatic heterocycles. The highest BCUT2D eigenvalue weighted by Crippen LogP contribution is 2.53. The minimum atomic E-state index is -5.93. The van der Waals surface area contributed by atoms with E-state index in [2.05, 4.69) is 9.05 Å². The summed E-state index contributed by atoms with van der Waals surface area (Å²) in [6.45, 7) is 1.64. The number of rotatable bonds is 8. The number of anilines is 1. The Morgan fingerprint density at radius 3 is 1.72 bits per heavy atom. The van der Waals surface area contributed by atoms with Crippen LogP contribution < -0.4 is 10.4 Å². The van der Waals surface area contributed by atoms with Crippen molar-refractivity contribution < 1.29 is 40.0 Å². The van der Waals surface area contributed by atoms with Crippen molar-refractivity contribution in [3.05, 3.63) is 30.3 Å². The highest BCUT2D eigenvalue weighted by atomic mass is 31.2. The summed E-state index contributed by atoms with van der Waals surface area (Å²) in [6, 6.07) is 5.89. The zero-order chi connectivity index (χ0) is 19.4. The van der Waals surface area contributed by atoms with Gasteiger partial charge in [-0.2, -0.15) is 31.4 Å². The number of benzene rings is 1. The van der Waals surface area contributed by atoms with E-state index in [1.54, 1.807) is 0 Å². The second-order valence-electron chi connectivity index (χ2n) is 4.68. The highest BCUT2D eigenvalue weighted by molar-refractivity contribution is 7.51. The van der Waals surface area contributed by atoms with Gasteiger partial charge in [-0.25, -0.2) is 4.57 Å². The molecule has 0 unspecified atom stereocenters. The first-order valence-corrected chi connectivity index (χ1v) is 8.60. The number of hydrogen-bond acceptors (Lipinski definition) is 4. The maximum absolute atomic E-state index is 13.5. The Kier molecular flexibility index (Phi) is 6.91. The van der Waals surface area contributed by atoms with Crippen LogP contribution in [-0.4, -0.2) is 31.2 Å². The van der Waals surface area contributed by atoms with Gasteiger partial charge in [0.05, 0.1) is 13.2 Å². The number of halogens is 6. The Hall–Kier alpha value is -1.29. The summed E-state index contributed by atoms with van der Waals surface area (Å²) in [5.74, 6) is 0. The number of hydrogen-bond donors (Lipinski definition) is 2. The molecule has 0 spiro atoms. The lowest BCUT2D eigenvalue weighted by Gasteiger charge is -2.40. The standard InChI is InChI=1S/C13H17F6N2O3P/c1-3-23-25(22,24-4-2)21-11(12(14,15)16,13(17,18)19)20-10-8-6-5-7-9-10/h5-9,20H,3-4H2,1-2H3,(H,21,22). The molecule has 5 nitrogen and oxygen atoms in total. The maximum atomic E-state index is 13.5. The molecular formula is C13H17F6N2O3P. The van der Waals surface area contributed by atoms with Crippen molar-refractivity contribution in [3.8, 4) is 0 Å². The third kappa shape index (κ3) is 5.10. The van der Waals surface area contributed by atoms with Crippen LogP contribution in [0.25, 0.3) is 0 Å². The predicted octanol–water partition coefficient (Wildman–Crippen LogP) is 4.69. The van der Waals surface area contributed by atoms with Crippen LogP contribution in [0.15, 0.2) is 30.3 Å². The smallest absolute Gasteiger partial charge is 0.352 e. The molecule has 0 bridgehead atoms. The molecule has 25 heavy (non-hydrogen) atoms. The van der Waals surface area contributed by atoms with Crippen molar-refractivity contribution in [2.45, 2.75) is 31.9 Å². The number of nitrogens with one attached hydrogen (secondary N) is 2. The zero-order valence-corrected chi connectivity index (χ0v) is 14.1. The van der Waals surface area contributed by atoms with E-state index in [-0.39, 0.29) is 0 Å². The van der Waals surface area contributed by atoms with E-state index < -0.39 is 44.7 Å². The van der Waals surface area contributed by atoms with E-state index >= 15 is 0 Å². The molecule has 1 aromatic rings. The average molecular weight is 394 g/mol. The fourth-order valence-electron chi connectivity index (χ4n) is 1.84. The fourth-order valence-corrected chi connectivity index (χ4v) is 3.45. The molecular weight excluding hydrogens is 377 g/mol. The van der Waals surface area contributed by atoms with E-state index in [4.69, 9.17) is 0 Å². The molecule has 12 heteroatoms. The Labute approximate surface area is 140 Å². The lowest BCUT2D eigenvalue weighted by atomic mass is 10.1. The molecule has 0 fully saturated rings. The van der Waals surface area contributed by atoms with Gasteiger partial charge in [0.2, 0.25) is 0 Å². The fraction of sp³-hybridized carbons (Fsp3) is 0.538. The molecule has 0 saturated carbocycles. The summed E-state index contributed by atoms with van der Waals surface area (Å²) in [5.41, 5.74) is -5.24. The topological polar surface area (TPSA) is 59.6 Å². The van der Waals surface area contributed by atoms with E-state index in [9.17, 15) is 30.9 Å². The van der Waals surface area contributed by atoms with Gasteiger partial charge in [-0.3, -0.25) is 9.05 Å². The van der Waals surface area contributed by atoms with Crippen LogP contribution in [-0.2, 0) is 13.6 Å². The zero-order valence-electron chi connectivity index (χ0n) is 13.2. The van der Waals surface area contributed by atoms with Gasteiger partial charge in [0.25, 0.3) is 5.66 Å². The van der Waals surface area contributed by atoms with E-state index in [1.165, 1.54) is 37.4 Å². The first-order valence-electron chi connectivity index (χ1n) is 7.06. The van der Waals surface area contributed by atoms with Crippen LogP contribution in [0.1, 0.15) is 13.8 Å². The van der Waals surface area contributed by atoms with E-state index in [1.807, 2.05) is 0 Å². The summed E-state index contributed by atoms with van der Waals surface area (Å²) in [4.78, 5) is 0. The molecule has 0 amide bonds. The Bertz CT molecular complexity index is 570. The lowest BCUT2D eigenvalue weighted by Crippen LogP contribution is -2.70. The molecule has 0 heterocycles. The minimum absolute atomic E-state index is 0.429. The monoisotopic (exact) mass is 394 g/mol. The molecule has 0 radical (unpaired) electrons. The molecule has 1 aromatic carbocycles. The summed E-state index contributed by atoms with van der Waals surface area (Å²) in [7, 11) is -4.92. The third-order valence-corrected chi connectivity index (χ3v) is 4.66. The van der Waals surface area contributed by atoms with Crippen molar-refractivity contribution in [1.82, 2.24) is 5.09 Å². The van der Waals surface area contributed by atoms with Gasteiger partial charge in [-0.15, -0.1) is 0 Å². The molecule has 0 aromatic heterocycles. The Morgan fingerprint density at radius 1 is 0.920 bits per heavy atom. The first-order chi connectivity index (χ1) is 11.4. The van der Waals surface area contributed by atoms with Gasteiger partial charge < -0.3 is 5.32 Å². The Balaban J connectivity index is 3.46. The van der Waals surface area contributed by atoms with Gasteiger partial charge in [0.1, 0.15) is 0 Å². The Morgan fingerprint density at radius 2 is 1.36 bits per heavy atom. The van der Waals surface area contributed by atoms with E-state index in [0.717, 1.165) is 17.2 Å². The summed E-state index contributed by atoms with van der Waals surface area (Å²) < 4.78 is 102. The first kappa shape index (κ1) is 21.8. The average Bonchev–Trinajstić information content (AvgIpc) is 2.45. The van der Waals surface area contributed by atoms with Crippen LogP contribution in [0.3, 0.4) is 0 Å². The molecule has 1 rings (SSSR count). The SMILES string of the molecule is CCOP(=O)(NC(Nc1ccccc1)(C(F)(F)F)C(F)(F)F)OCC. The third-order valence-electron chi connectivity index (χ3n) is 2.86. The van der Waals surface area contributed by atoms with Gasteiger partial charge in [0, 0.05) is 5.69 Å². The van der Waals surface area contributed by atoms with Gasteiger partial charge in [-0.1, -0.05) is 18.2 Å². The van der Waals surface area contributed by atoms with Crippen molar-refractivity contribution in [3.63, 3.8) is 0 Å². The van der Waals surface area contributed by atoms with Gasteiger partial charge in [0.15, 0.2) is 0 Å². The van der Waals surface area contributed by atoms with Crippen molar-refractivity contribution in [1.29, 1.82) is 0 Å². The maximum Gasteiger partial charge on any atom is 0.434 e. The molecule has 0 aliphatic carbocycles. The largest absolute Gasteiger partial charge is 0.434 e. The number of alkyl halides is 6. The quantitative estimate of drug-likeness (QED) is 0.381. The molecule has 0 aliphatic rings. The minimum Gasteiger partial charge on any atom is -0.352 e. The van der Waals surface area contributed by atoms with Crippen molar-refractivity contribution in [2.24, 2.45) is 0 Å². The van der Waals surface area contributed by atoms with E-state index in [0.29, 0.717) is 0 Å². The van der Waals surface area contributed by atoms with Crippen LogP contribution in [0.4, 0.5) is 32.0 Å². The molecule has 144 valence electrons. The van der Waals surface area contributed by atoms with Crippen LogP contribution in [0.5, 0.6) is 0 Å². The van der Waals surface area contributed by atoms with Crippen LogP contribution in [0, 0.1) is 0 Å². The van der Waals surface area contributed by atoms with Crippen LogP contribution >= 0.6 is 7.75 Å². The molecule has 0 atom stereocenters. The van der Waals surface area contributed by atoms with Crippen LogP contribution in [0.2, 0.25) is 0 Å². The highest BCUT2D eigenvalue weighted by Gasteiger charge is 2.74. The van der Waals surface area contributed by atoms with Crippen molar-refractivity contribution in [2.75, 3.05) is 18.5 Å². The molecule has 0 saturated heterocycles. The molecule has 2 N–H and O–H groups in total. The summed E-state index contributed by atoms with van der Waals surface area (Å²) in [5, 5.41) is 2.38. The van der Waals surface area contributed by atoms with Crippen molar-refractivity contribution >= 4 is 13.4 Å². The normalized spacial score (nSPS) is 13.8. The summed E-state index contributed by atoms with van der Waals surface area (Å²) >= 11 is 0.